The van der Waals surface area contributed by atoms with Gasteiger partial charge in [0.25, 0.3) is 0 Å². The number of aryl methyl sites for hydroxylation is 1. The predicted molar refractivity (Wildman–Crippen MR) is 111 cm³/mol. The Morgan fingerprint density at radius 1 is 1.14 bits per heavy atom. The fraction of sp³-hybridized carbons (Fsp3) is 0.636. The molecule has 0 radical (unpaired) electrons. The van der Waals surface area contributed by atoms with Crippen molar-refractivity contribution in [3.63, 3.8) is 0 Å². The van der Waals surface area contributed by atoms with E-state index in [1.807, 2.05) is 43.9 Å². The number of amides is 2. The molecule has 1 heterocycles. The topological polar surface area (TPSA) is 77.1 Å². The van der Waals surface area contributed by atoms with Crippen molar-refractivity contribution in [3.05, 3.63) is 23.8 Å². The van der Waals surface area contributed by atoms with E-state index in [4.69, 9.17) is 14.2 Å². The third kappa shape index (κ3) is 7.15. The molecule has 1 aliphatic heterocycles. The zero-order chi connectivity index (χ0) is 21.4. The van der Waals surface area contributed by atoms with E-state index in [9.17, 15) is 9.59 Å². The van der Waals surface area contributed by atoms with Crippen LogP contribution in [0.5, 0.6) is 11.5 Å². The number of rotatable bonds is 7. The van der Waals surface area contributed by atoms with E-state index in [0.717, 1.165) is 31.4 Å². The second kappa shape index (κ2) is 10.4. The molecule has 1 saturated heterocycles. The van der Waals surface area contributed by atoms with Gasteiger partial charge in [0.2, 0.25) is 5.91 Å². The van der Waals surface area contributed by atoms with Gasteiger partial charge < -0.3 is 24.4 Å². The number of carbonyl (C=O) groups is 2. The quantitative estimate of drug-likeness (QED) is 0.749. The smallest absolute Gasteiger partial charge is 0.407 e. The number of piperidine rings is 1. The molecule has 1 fully saturated rings. The van der Waals surface area contributed by atoms with Crippen LogP contribution >= 0.6 is 0 Å². The molecule has 0 spiro atoms. The van der Waals surface area contributed by atoms with Crippen molar-refractivity contribution >= 4 is 12.0 Å². The van der Waals surface area contributed by atoms with Gasteiger partial charge in [0.1, 0.15) is 5.60 Å². The van der Waals surface area contributed by atoms with Crippen LogP contribution in [0, 0.1) is 0 Å². The van der Waals surface area contributed by atoms with E-state index in [1.54, 1.807) is 14.2 Å². The first kappa shape index (κ1) is 22.8. The average Bonchev–Trinajstić information content (AvgIpc) is 2.69. The summed E-state index contributed by atoms with van der Waals surface area (Å²) in [7, 11) is 3.20. The summed E-state index contributed by atoms with van der Waals surface area (Å²) in [6.45, 7) is 6.63. The summed E-state index contributed by atoms with van der Waals surface area (Å²) in [6, 6.07) is 5.72. The van der Waals surface area contributed by atoms with Crippen molar-refractivity contribution in [1.29, 1.82) is 0 Å². The number of carbonyl (C=O) groups excluding carboxylic acids is 2. The van der Waals surface area contributed by atoms with Crippen LogP contribution in [0.1, 0.15) is 52.0 Å². The summed E-state index contributed by atoms with van der Waals surface area (Å²) in [5, 5.41) is 2.81. The second-order valence-corrected chi connectivity index (χ2v) is 8.31. The van der Waals surface area contributed by atoms with Gasteiger partial charge in [-0.2, -0.15) is 0 Å². The Kier molecular flexibility index (Phi) is 8.17. The van der Waals surface area contributed by atoms with Crippen LogP contribution in [0.25, 0.3) is 0 Å². The van der Waals surface area contributed by atoms with Crippen LogP contribution < -0.4 is 14.8 Å². The first-order valence-corrected chi connectivity index (χ1v) is 10.2. The van der Waals surface area contributed by atoms with Gasteiger partial charge in [0.05, 0.1) is 14.2 Å². The maximum absolute atomic E-state index is 12.9. The monoisotopic (exact) mass is 406 g/mol. The van der Waals surface area contributed by atoms with E-state index in [2.05, 4.69) is 5.32 Å². The molecular weight excluding hydrogens is 372 g/mol. The first-order chi connectivity index (χ1) is 13.7. The van der Waals surface area contributed by atoms with Crippen LogP contribution in [-0.4, -0.2) is 55.9 Å². The summed E-state index contributed by atoms with van der Waals surface area (Å²) in [5.41, 5.74) is 0.488. The molecule has 2 amide bonds. The molecule has 0 aliphatic carbocycles. The molecule has 1 N–H and O–H groups in total. The Morgan fingerprint density at radius 2 is 1.86 bits per heavy atom. The number of hydrogen-bond acceptors (Lipinski definition) is 5. The molecule has 2 rings (SSSR count). The highest BCUT2D eigenvalue weighted by Crippen LogP contribution is 2.28. The number of nitrogens with zero attached hydrogens (tertiary/aromatic N) is 1. The second-order valence-electron chi connectivity index (χ2n) is 8.31. The molecule has 0 aromatic heterocycles. The van der Waals surface area contributed by atoms with E-state index in [0.29, 0.717) is 30.9 Å². The van der Waals surface area contributed by atoms with E-state index < -0.39 is 11.7 Å². The highest BCUT2D eigenvalue weighted by atomic mass is 16.6. The van der Waals surface area contributed by atoms with Gasteiger partial charge in [-0.25, -0.2) is 4.79 Å². The van der Waals surface area contributed by atoms with Crippen molar-refractivity contribution in [3.8, 4) is 11.5 Å². The van der Waals surface area contributed by atoms with Crippen LogP contribution in [0.15, 0.2) is 18.2 Å². The maximum Gasteiger partial charge on any atom is 0.407 e. The number of benzene rings is 1. The lowest BCUT2D eigenvalue weighted by Gasteiger charge is -2.36. The summed E-state index contributed by atoms with van der Waals surface area (Å²) < 4.78 is 15.9. The van der Waals surface area contributed by atoms with Crippen LogP contribution in [0.2, 0.25) is 0 Å². The Labute approximate surface area is 173 Å². The normalized spacial score (nSPS) is 16.9. The van der Waals surface area contributed by atoms with E-state index in [-0.39, 0.29) is 11.9 Å². The third-order valence-electron chi connectivity index (χ3n) is 4.90. The van der Waals surface area contributed by atoms with Gasteiger partial charge in [-0.3, -0.25) is 4.79 Å². The largest absolute Gasteiger partial charge is 0.493 e. The molecule has 29 heavy (non-hydrogen) atoms. The molecule has 162 valence electrons. The molecule has 1 aromatic rings. The third-order valence-corrected chi connectivity index (χ3v) is 4.90. The number of ether oxygens (including phenoxy) is 3. The summed E-state index contributed by atoms with van der Waals surface area (Å²) in [6.07, 6.45) is 3.53. The summed E-state index contributed by atoms with van der Waals surface area (Å²) in [5.74, 6) is 1.44. The molecule has 1 aliphatic rings. The van der Waals surface area contributed by atoms with E-state index >= 15 is 0 Å². The zero-order valence-electron chi connectivity index (χ0n) is 18.2. The van der Waals surface area contributed by atoms with Crippen LogP contribution in [0.3, 0.4) is 0 Å². The first-order valence-electron chi connectivity index (χ1n) is 10.2. The minimum Gasteiger partial charge on any atom is -0.493 e. The number of likely N-dealkylation sites (tertiary alicyclic amines) is 1. The molecule has 0 saturated carbocycles. The van der Waals surface area contributed by atoms with Crippen LogP contribution in [-0.2, 0) is 16.0 Å². The zero-order valence-corrected chi connectivity index (χ0v) is 18.2. The minimum absolute atomic E-state index is 0.00849. The minimum atomic E-state index is -0.536. The van der Waals surface area contributed by atoms with Gasteiger partial charge >= 0.3 is 6.09 Å². The summed E-state index contributed by atoms with van der Waals surface area (Å²) >= 11 is 0. The number of alkyl carbamates (subject to hydrolysis) is 1. The Morgan fingerprint density at radius 3 is 2.52 bits per heavy atom. The fourth-order valence-corrected chi connectivity index (χ4v) is 3.49. The number of nitrogens with one attached hydrogen (secondary N) is 1. The highest BCUT2D eigenvalue weighted by molar-refractivity contribution is 5.77. The molecule has 1 atom stereocenters. The van der Waals surface area contributed by atoms with Crippen molar-refractivity contribution in [1.82, 2.24) is 10.2 Å². The predicted octanol–water partition coefficient (Wildman–Crippen LogP) is 3.54. The van der Waals surface area contributed by atoms with Crippen molar-refractivity contribution in [2.45, 2.75) is 64.5 Å². The molecule has 1 aromatic carbocycles. The van der Waals surface area contributed by atoms with Gasteiger partial charge in [-0.15, -0.1) is 0 Å². The van der Waals surface area contributed by atoms with Gasteiger partial charge in [0, 0.05) is 25.6 Å². The number of methoxy groups -OCH3 is 2. The number of hydrogen-bond donors (Lipinski definition) is 1. The van der Waals surface area contributed by atoms with E-state index in [1.165, 1.54) is 0 Å². The lowest BCUT2D eigenvalue weighted by molar-refractivity contribution is -0.134. The lowest BCUT2D eigenvalue weighted by Crippen LogP contribution is -2.50. The summed E-state index contributed by atoms with van der Waals surface area (Å²) in [4.78, 5) is 26.7. The standard InChI is InChI=1S/C22H34N2O5/c1-22(2,3)29-21(26)23-15-17-8-6-7-13-24(17)20(25)12-10-16-9-11-18(27-4)19(14-16)28-5/h9,11,14,17H,6-8,10,12-13,15H2,1-5H3,(H,23,26). The molecule has 1 unspecified atom stereocenters. The Bertz CT molecular complexity index is 699. The molecule has 7 nitrogen and oxygen atoms in total. The fourth-order valence-electron chi connectivity index (χ4n) is 3.49. The lowest BCUT2D eigenvalue weighted by atomic mass is 10.0. The average molecular weight is 407 g/mol. The van der Waals surface area contributed by atoms with Crippen molar-refractivity contribution in [2.75, 3.05) is 27.3 Å². The van der Waals surface area contributed by atoms with Crippen molar-refractivity contribution in [2.24, 2.45) is 0 Å². The van der Waals surface area contributed by atoms with Gasteiger partial charge in [-0.05, 0) is 64.2 Å². The highest BCUT2D eigenvalue weighted by Gasteiger charge is 2.27. The van der Waals surface area contributed by atoms with Crippen LogP contribution in [0.4, 0.5) is 4.79 Å². The molecular formula is C22H34N2O5. The Balaban J connectivity index is 1.91. The molecule has 0 bridgehead atoms. The Hall–Kier alpha value is -2.44. The SMILES string of the molecule is COc1ccc(CCC(=O)N2CCCCC2CNC(=O)OC(C)(C)C)cc1OC. The molecule has 7 heteroatoms. The maximum atomic E-state index is 12.9. The van der Waals surface area contributed by atoms with Gasteiger partial charge in [0.15, 0.2) is 11.5 Å². The van der Waals surface area contributed by atoms with Gasteiger partial charge in [-0.1, -0.05) is 6.07 Å². The van der Waals surface area contributed by atoms with Crippen molar-refractivity contribution < 1.29 is 23.8 Å².